The van der Waals surface area contributed by atoms with E-state index < -0.39 is 5.97 Å². The third kappa shape index (κ3) is 7.75. The fraction of sp³-hybridized carbons (Fsp3) is 0.887. The van der Waals surface area contributed by atoms with Crippen molar-refractivity contribution in [2.45, 2.75) is 184 Å². The summed E-state index contributed by atoms with van der Waals surface area (Å²) in [5.41, 5.74) is 0.615. The molecular formula is C53H82O8. The Morgan fingerprint density at radius 2 is 0.984 bits per heavy atom. The topological polar surface area (TPSA) is 132 Å². The molecule has 8 aliphatic rings. The molecule has 0 aromatic carbocycles. The highest BCUT2D eigenvalue weighted by Crippen LogP contribution is 2.70. The molecule has 0 saturated heterocycles. The molecule has 0 aliphatic heterocycles. The quantitative estimate of drug-likeness (QED) is 0.215. The molecule has 0 heterocycles. The maximum atomic E-state index is 13.9. The molecular weight excluding hydrogens is 765 g/mol. The fourth-order valence-electron chi connectivity index (χ4n) is 18.0. The third-order valence-corrected chi connectivity index (χ3v) is 21.3. The van der Waals surface area contributed by atoms with E-state index in [-0.39, 0.29) is 69.6 Å². The zero-order chi connectivity index (χ0) is 44.4. The second-order valence-electron chi connectivity index (χ2n) is 23.5. The number of carbonyl (C=O) groups excluding carboxylic acids is 5. The van der Waals surface area contributed by atoms with Gasteiger partial charge >= 0.3 is 11.9 Å². The van der Waals surface area contributed by atoms with Gasteiger partial charge in [0.2, 0.25) is 0 Å². The number of carboxylic acids is 1. The molecule has 8 rings (SSSR count). The number of hydrogen-bond acceptors (Lipinski definition) is 7. The van der Waals surface area contributed by atoms with Gasteiger partial charge in [-0.3, -0.25) is 28.8 Å². The minimum absolute atomic E-state index is 0.0475. The average molecular weight is 847 g/mol. The molecule has 0 aromatic rings. The first-order valence-electron chi connectivity index (χ1n) is 25.2. The number of carbonyl (C=O) groups is 6. The first-order valence-corrected chi connectivity index (χ1v) is 25.2. The van der Waals surface area contributed by atoms with Crippen molar-refractivity contribution in [2.24, 2.45) is 105 Å². The second kappa shape index (κ2) is 17.5. The Kier molecular flexibility index (Phi) is 13.4. The van der Waals surface area contributed by atoms with Crippen molar-refractivity contribution >= 4 is 35.1 Å². The first-order chi connectivity index (χ1) is 28.8. The molecule has 0 radical (unpaired) electrons. The predicted octanol–water partition coefficient (Wildman–Crippen LogP) is 11.1. The van der Waals surface area contributed by atoms with Gasteiger partial charge in [-0.15, -0.1) is 0 Å². The van der Waals surface area contributed by atoms with Crippen molar-refractivity contribution in [3.8, 4) is 0 Å². The molecule has 0 amide bonds. The summed E-state index contributed by atoms with van der Waals surface area (Å²) in [5.74, 6) is 5.55. The Labute approximate surface area is 368 Å². The molecule has 18 atom stereocenters. The highest BCUT2D eigenvalue weighted by atomic mass is 16.5. The summed E-state index contributed by atoms with van der Waals surface area (Å²) in [6, 6.07) is 0. The van der Waals surface area contributed by atoms with E-state index in [4.69, 9.17) is 9.84 Å². The van der Waals surface area contributed by atoms with Gasteiger partial charge in [-0.1, -0.05) is 55.4 Å². The number of ketones is 4. The number of esters is 1. The number of rotatable bonds is 10. The lowest BCUT2D eigenvalue weighted by Gasteiger charge is -2.61. The zero-order valence-electron chi connectivity index (χ0n) is 39.5. The van der Waals surface area contributed by atoms with Gasteiger partial charge in [-0.2, -0.15) is 0 Å². The Morgan fingerprint density at radius 1 is 0.590 bits per heavy atom. The second-order valence-corrected chi connectivity index (χ2v) is 23.5. The van der Waals surface area contributed by atoms with Gasteiger partial charge in [0.05, 0.1) is 7.11 Å². The summed E-state index contributed by atoms with van der Waals surface area (Å²) in [7, 11) is 1.46. The van der Waals surface area contributed by atoms with Crippen molar-refractivity contribution < 1.29 is 38.6 Å². The van der Waals surface area contributed by atoms with Crippen LogP contribution in [-0.2, 0) is 33.5 Å². The van der Waals surface area contributed by atoms with Crippen molar-refractivity contribution in [3.63, 3.8) is 0 Å². The van der Waals surface area contributed by atoms with E-state index in [0.29, 0.717) is 103 Å². The molecule has 8 nitrogen and oxygen atoms in total. The Balaban J connectivity index is 0.000000184. The van der Waals surface area contributed by atoms with Crippen LogP contribution in [0.15, 0.2) is 0 Å². The number of methoxy groups -OCH3 is 1. The fourth-order valence-corrected chi connectivity index (χ4v) is 18.0. The number of carboxylic acid groups (broad SMARTS) is 1. The Hall–Kier alpha value is -2.38. The minimum Gasteiger partial charge on any atom is -0.481 e. The number of Topliss-reactive ketones (excluding diaryl/α,β-unsaturated/α-hetero) is 4. The summed E-state index contributed by atoms with van der Waals surface area (Å²) >= 11 is 0. The normalized spacial score (nSPS) is 46.0. The average Bonchev–Trinajstić information content (AvgIpc) is 3.77. The summed E-state index contributed by atoms with van der Waals surface area (Å²) < 4.78 is 4.87. The third-order valence-electron chi connectivity index (χ3n) is 21.3. The molecule has 0 bridgehead atoms. The van der Waals surface area contributed by atoms with Crippen LogP contribution in [0.3, 0.4) is 0 Å². The number of aliphatic carboxylic acids is 1. The van der Waals surface area contributed by atoms with E-state index in [1.165, 1.54) is 20.0 Å². The van der Waals surface area contributed by atoms with Crippen LogP contribution < -0.4 is 0 Å². The van der Waals surface area contributed by atoms with Crippen LogP contribution in [0.4, 0.5) is 0 Å². The van der Waals surface area contributed by atoms with E-state index >= 15 is 0 Å². The summed E-state index contributed by atoms with van der Waals surface area (Å²) in [4.78, 5) is 75.2. The zero-order valence-corrected chi connectivity index (χ0v) is 39.5. The highest BCUT2D eigenvalue weighted by Gasteiger charge is 2.67. The monoisotopic (exact) mass is 847 g/mol. The molecule has 1 N–H and O–H groups in total. The molecule has 0 spiro atoms. The van der Waals surface area contributed by atoms with E-state index in [2.05, 4.69) is 55.4 Å². The standard InChI is InChI=1S/C27H42O4.C26H40O4/c1-6-18-22-15-17(28)11-13-27(22,4)21-12-14-26(3)19(16(2)7-10-23(29)31-5)8-9-20(26)24(21)25(18)30;1-5-17-21-14-16(27)10-12-26(21,4)20-11-13-25(3)18(15(2)6-9-22(28)29)7-8-19(25)23(20)24(17)30/h16,18-22,24H,6-15H2,1-5H3;15,17-21,23H,5-14H2,1-4H3,(H,28,29)/t16-,18-,19-,20?,21?,22+,24?,26-,27-;15-,17-,18-,19?,20?,21+,23?,25-,26-/m11/s1. The molecule has 8 heteroatoms. The molecule has 0 aromatic heterocycles. The molecule has 61 heavy (non-hydrogen) atoms. The predicted molar refractivity (Wildman–Crippen MR) is 236 cm³/mol. The number of fused-ring (bicyclic) bond motifs is 10. The Bertz CT molecular complexity index is 1720. The summed E-state index contributed by atoms with van der Waals surface area (Å²) in [6.45, 7) is 18.5. The Morgan fingerprint density at radius 3 is 1.36 bits per heavy atom. The van der Waals surface area contributed by atoms with Crippen LogP contribution in [0.1, 0.15) is 184 Å². The van der Waals surface area contributed by atoms with E-state index in [9.17, 15) is 28.8 Å². The van der Waals surface area contributed by atoms with Gasteiger partial charge < -0.3 is 9.84 Å². The first kappa shape index (κ1) is 46.6. The van der Waals surface area contributed by atoms with Crippen LogP contribution in [-0.4, -0.2) is 47.3 Å². The van der Waals surface area contributed by atoms with Crippen LogP contribution in [0.5, 0.6) is 0 Å². The van der Waals surface area contributed by atoms with Crippen LogP contribution in [0.25, 0.3) is 0 Å². The maximum absolute atomic E-state index is 13.9. The summed E-state index contributed by atoms with van der Waals surface area (Å²) in [6.07, 6.45) is 17.8. The van der Waals surface area contributed by atoms with Crippen molar-refractivity contribution in [1.29, 1.82) is 0 Å². The van der Waals surface area contributed by atoms with Gasteiger partial charge in [0.15, 0.2) is 0 Å². The molecule has 8 saturated carbocycles. The molecule has 8 aliphatic carbocycles. The van der Waals surface area contributed by atoms with E-state index in [1.807, 2.05) is 0 Å². The maximum Gasteiger partial charge on any atom is 0.305 e. The lowest BCUT2D eigenvalue weighted by molar-refractivity contribution is -0.170. The van der Waals surface area contributed by atoms with Gasteiger partial charge in [0.25, 0.3) is 0 Å². The SMILES string of the molecule is CC[C@H]1C(=O)C2C3CC[C@H]([C@H](C)CCC(=O)O)[C@@]3(C)CCC2[C@@]2(C)CCC(=O)C[C@@H]12.CC[C@H]1C(=O)C2C3CC[C@H]([C@H](C)CCC(=O)OC)[C@@]3(C)CCC2[C@@]2(C)CCC(=O)C[C@@H]12. The van der Waals surface area contributed by atoms with Crippen LogP contribution in [0, 0.1) is 105 Å². The molecule has 6 unspecified atom stereocenters. The van der Waals surface area contributed by atoms with Crippen molar-refractivity contribution in [1.82, 2.24) is 0 Å². The molecule has 8 fully saturated rings. The van der Waals surface area contributed by atoms with Crippen LogP contribution >= 0.6 is 0 Å². The lowest BCUT2D eigenvalue weighted by Crippen LogP contribution is -2.60. The highest BCUT2D eigenvalue weighted by molar-refractivity contribution is 5.89. The smallest absolute Gasteiger partial charge is 0.305 e. The van der Waals surface area contributed by atoms with Crippen molar-refractivity contribution in [2.75, 3.05) is 7.11 Å². The summed E-state index contributed by atoms with van der Waals surface area (Å²) in [5, 5.41) is 9.14. The number of hydrogen-bond donors (Lipinski definition) is 1. The van der Waals surface area contributed by atoms with Gasteiger partial charge in [-0.05, 0) is 171 Å². The van der Waals surface area contributed by atoms with E-state index in [1.54, 1.807) is 0 Å². The minimum atomic E-state index is -0.704. The largest absolute Gasteiger partial charge is 0.481 e. The van der Waals surface area contributed by atoms with E-state index in [0.717, 1.165) is 77.0 Å². The number of ether oxygens (including phenoxy) is 1. The molecule has 342 valence electrons. The van der Waals surface area contributed by atoms with Gasteiger partial charge in [0, 0.05) is 62.2 Å². The van der Waals surface area contributed by atoms with Gasteiger partial charge in [0.1, 0.15) is 23.1 Å². The van der Waals surface area contributed by atoms with Gasteiger partial charge in [-0.25, -0.2) is 0 Å². The van der Waals surface area contributed by atoms with Crippen molar-refractivity contribution in [3.05, 3.63) is 0 Å². The lowest BCUT2D eigenvalue weighted by atomic mass is 9.42. The van der Waals surface area contributed by atoms with Crippen LogP contribution in [0.2, 0.25) is 0 Å².